The summed E-state index contributed by atoms with van der Waals surface area (Å²) in [5.74, 6) is -1.61. The second-order valence-corrected chi connectivity index (χ2v) is 10.0. The standard InChI is InChI=1S/C24H23N5O5S/c1-15(2)14-20(29-22(31)18-6-3-4-7-19(18)23(29)32)21(30)27-16-8-10-17(11-9-16)35(33,34)28-24-25-12-5-13-26-24/h3-13,15,20H,14H2,1-2H3,(H,27,30)(H,25,26,28). The molecule has 3 aromatic rings. The van der Waals surface area contributed by atoms with E-state index in [0.29, 0.717) is 5.69 Å². The first-order valence-corrected chi connectivity index (χ1v) is 12.3. The summed E-state index contributed by atoms with van der Waals surface area (Å²) in [6.45, 7) is 3.78. The minimum atomic E-state index is -3.93. The van der Waals surface area contributed by atoms with Crippen LogP contribution in [0.5, 0.6) is 0 Å². The Morgan fingerprint density at radius 2 is 1.49 bits per heavy atom. The number of sulfonamides is 1. The Bertz CT molecular complexity index is 1340. The van der Waals surface area contributed by atoms with E-state index < -0.39 is 33.8 Å². The quantitative estimate of drug-likeness (QED) is 0.460. The van der Waals surface area contributed by atoms with Gasteiger partial charge >= 0.3 is 0 Å². The van der Waals surface area contributed by atoms with E-state index in [1.54, 1.807) is 30.3 Å². The van der Waals surface area contributed by atoms with E-state index in [0.717, 1.165) is 4.90 Å². The van der Waals surface area contributed by atoms with E-state index in [1.807, 2.05) is 13.8 Å². The molecule has 0 spiro atoms. The molecule has 2 aromatic carbocycles. The lowest BCUT2D eigenvalue weighted by Crippen LogP contribution is -2.47. The van der Waals surface area contributed by atoms with Crippen molar-refractivity contribution in [2.24, 2.45) is 5.92 Å². The second kappa shape index (κ2) is 9.63. The Balaban J connectivity index is 1.52. The Morgan fingerprint density at radius 1 is 0.914 bits per heavy atom. The van der Waals surface area contributed by atoms with Gasteiger partial charge in [-0.3, -0.25) is 19.3 Å². The molecule has 11 heteroatoms. The van der Waals surface area contributed by atoms with E-state index in [1.165, 1.54) is 36.7 Å². The molecule has 2 heterocycles. The fraction of sp³-hybridized carbons (Fsp3) is 0.208. The number of carbonyl (C=O) groups excluding carboxylic acids is 3. The second-order valence-electron chi connectivity index (χ2n) is 8.36. The Hall–Kier alpha value is -4.12. The highest BCUT2D eigenvalue weighted by Crippen LogP contribution is 2.28. The van der Waals surface area contributed by atoms with Gasteiger partial charge in [0.1, 0.15) is 6.04 Å². The van der Waals surface area contributed by atoms with Gasteiger partial charge in [-0.05, 0) is 54.8 Å². The molecule has 3 amide bonds. The van der Waals surface area contributed by atoms with Gasteiger partial charge in [-0.15, -0.1) is 0 Å². The van der Waals surface area contributed by atoms with Gasteiger partial charge in [0, 0.05) is 18.1 Å². The van der Waals surface area contributed by atoms with Crippen molar-refractivity contribution >= 4 is 39.4 Å². The molecule has 0 aliphatic carbocycles. The first-order chi connectivity index (χ1) is 16.7. The average molecular weight is 494 g/mol. The first kappa shape index (κ1) is 24.0. The molecule has 1 unspecified atom stereocenters. The molecular weight excluding hydrogens is 470 g/mol. The smallest absolute Gasteiger partial charge is 0.264 e. The van der Waals surface area contributed by atoms with Crippen LogP contribution in [0.25, 0.3) is 0 Å². The molecule has 1 aliphatic heterocycles. The third-order valence-electron chi connectivity index (χ3n) is 5.36. The number of nitrogens with zero attached hydrogens (tertiary/aromatic N) is 3. The third kappa shape index (κ3) is 5.04. The lowest BCUT2D eigenvalue weighted by molar-refractivity contribution is -0.120. The monoisotopic (exact) mass is 493 g/mol. The number of fused-ring (bicyclic) bond motifs is 1. The minimum Gasteiger partial charge on any atom is -0.324 e. The topological polar surface area (TPSA) is 138 Å². The molecule has 35 heavy (non-hydrogen) atoms. The molecule has 0 bridgehead atoms. The van der Waals surface area contributed by atoms with Crippen molar-refractivity contribution in [2.75, 3.05) is 10.0 Å². The lowest BCUT2D eigenvalue weighted by atomic mass is 10.0. The first-order valence-electron chi connectivity index (χ1n) is 10.8. The molecule has 1 aliphatic rings. The van der Waals surface area contributed by atoms with Gasteiger partial charge in [-0.2, -0.15) is 0 Å². The molecule has 0 saturated heterocycles. The third-order valence-corrected chi connectivity index (χ3v) is 6.70. The summed E-state index contributed by atoms with van der Waals surface area (Å²) >= 11 is 0. The van der Waals surface area contributed by atoms with Crippen molar-refractivity contribution in [3.8, 4) is 0 Å². The molecule has 0 saturated carbocycles. The predicted molar refractivity (Wildman–Crippen MR) is 128 cm³/mol. The number of anilines is 2. The molecule has 0 fully saturated rings. The van der Waals surface area contributed by atoms with Crippen LogP contribution in [-0.2, 0) is 14.8 Å². The predicted octanol–water partition coefficient (Wildman–Crippen LogP) is 2.93. The summed E-state index contributed by atoms with van der Waals surface area (Å²) in [6.07, 6.45) is 3.08. The van der Waals surface area contributed by atoms with Gasteiger partial charge in [0.15, 0.2) is 0 Å². The van der Waals surface area contributed by atoms with E-state index in [2.05, 4.69) is 20.0 Å². The highest BCUT2D eigenvalue weighted by atomic mass is 32.2. The van der Waals surface area contributed by atoms with Gasteiger partial charge in [0.25, 0.3) is 21.8 Å². The largest absolute Gasteiger partial charge is 0.324 e. The summed E-state index contributed by atoms with van der Waals surface area (Å²) < 4.78 is 27.4. The molecule has 0 radical (unpaired) electrons. The summed E-state index contributed by atoms with van der Waals surface area (Å²) in [7, 11) is -3.93. The van der Waals surface area contributed by atoms with Crippen LogP contribution in [0.15, 0.2) is 71.9 Å². The summed E-state index contributed by atoms with van der Waals surface area (Å²) in [4.78, 5) is 47.7. The molecule has 4 rings (SSSR count). The average Bonchev–Trinajstić information content (AvgIpc) is 3.08. The number of rotatable bonds is 8. The van der Waals surface area contributed by atoms with Crippen molar-refractivity contribution in [2.45, 2.75) is 31.2 Å². The van der Waals surface area contributed by atoms with Crippen molar-refractivity contribution in [1.82, 2.24) is 14.9 Å². The van der Waals surface area contributed by atoms with E-state index in [-0.39, 0.29) is 34.3 Å². The SMILES string of the molecule is CC(C)CC(C(=O)Nc1ccc(S(=O)(=O)Nc2ncccn2)cc1)N1C(=O)c2ccccc2C1=O. The zero-order chi connectivity index (χ0) is 25.2. The summed E-state index contributed by atoms with van der Waals surface area (Å²) in [5, 5.41) is 2.70. The Labute approximate surface area is 202 Å². The van der Waals surface area contributed by atoms with Gasteiger partial charge in [0.2, 0.25) is 11.9 Å². The molecular formula is C24H23N5O5S. The fourth-order valence-electron chi connectivity index (χ4n) is 3.74. The van der Waals surface area contributed by atoms with E-state index >= 15 is 0 Å². The van der Waals surface area contributed by atoms with Crippen molar-refractivity contribution in [1.29, 1.82) is 0 Å². The highest BCUT2D eigenvalue weighted by molar-refractivity contribution is 7.92. The van der Waals surface area contributed by atoms with Crippen LogP contribution in [-0.4, -0.2) is 47.0 Å². The van der Waals surface area contributed by atoms with Gasteiger partial charge in [-0.25, -0.2) is 23.1 Å². The van der Waals surface area contributed by atoms with Crippen LogP contribution >= 0.6 is 0 Å². The van der Waals surface area contributed by atoms with E-state index in [4.69, 9.17) is 0 Å². The molecule has 10 nitrogen and oxygen atoms in total. The summed E-state index contributed by atoms with van der Waals surface area (Å²) in [6, 6.07) is 12.5. The van der Waals surface area contributed by atoms with Crippen LogP contribution in [0, 0.1) is 5.92 Å². The van der Waals surface area contributed by atoms with Crippen molar-refractivity contribution in [3.63, 3.8) is 0 Å². The normalized spacial score (nSPS) is 14.1. The summed E-state index contributed by atoms with van der Waals surface area (Å²) in [5.41, 5.74) is 0.849. The lowest BCUT2D eigenvalue weighted by Gasteiger charge is -2.26. The zero-order valence-electron chi connectivity index (χ0n) is 19.0. The molecule has 2 N–H and O–H groups in total. The molecule has 1 aromatic heterocycles. The number of imide groups is 1. The zero-order valence-corrected chi connectivity index (χ0v) is 19.8. The number of carbonyl (C=O) groups is 3. The van der Waals surface area contributed by atoms with Gasteiger partial charge < -0.3 is 5.32 Å². The number of aromatic nitrogens is 2. The fourth-order valence-corrected chi connectivity index (χ4v) is 4.70. The number of amides is 3. The maximum Gasteiger partial charge on any atom is 0.264 e. The highest BCUT2D eigenvalue weighted by Gasteiger charge is 2.42. The van der Waals surface area contributed by atoms with Crippen LogP contribution in [0.2, 0.25) is 0 Å². The number of hydrogen-bond acceptors (Lipinski definition) is 7. The van der Waals surface area contributed by atoms with Crippen molar-refractivity contribution < 1.29 is 22.8 Å². The van der Waals surface area contributed by atoms with Crippen LogP contribution < -0.4 is 10.0 Å². The maximum absolute atomic E-state index is 13.2. The Kier molecular flexibility index (Phi) is 6.61. The van der Waals surface area contributed by atoms with Crippen LogP contribution in [0.4, 0.5) is 11.6 Å². The maximum atomic E-state index is 13.2. The van der Waals surface area contributed by atoms with E-state index in [9.17, 15) is 22.8 Å². The van der Waals surface area contributed by atoms with Crippen LogP contribution in [0.3, 0.4) is 0 Å². The number of hydrogen-bond donors (Lipinski definition) is 2. The molecule has 1 atom stereocenters. The van der Waals surface area contributed by atoms with Crippen molar-refractivity contribution in [3.05, 3.63) is 78.1 Å². The Morgan fingerprint density at radius 3 is 2.03 bits per heavy atom. The van der Waals surface area contributed by atoms with Gasteiger partial charge in [0.05, 0.1) is 16.0 Å². The minimum absolute atomic E-state index is 0.0221. The number of benzene rings is 2. The number of nitrogens with one attached hydrogen (secondary N) is 2. The van der Waals surface area contributed by atoms with Crippen LogP contribution in [0.1, 0.15) is 41.0 Å². The molecule has 180 valence electrons. The van der Waals surface area contributed by atoms with Gasteiger partial charge in [-0.1, -0.05) is 26.0 Å².